The highest BCUT2D eigenvalue weighted by molar-refractivity contribution is 6.31. The summed E-state index contributed by atoms with van der Waals surface area (Å²) >= 11 is 6.26. The SMILES string of the molecule is O=c1c2ccccc2nc(-c2cc3ccccc3o2)n1N=Cc1cc(Cl)cc([N+](=O)[O-])c1OCc1ccc2c(c1)OCO2. The van der Waals surface area contributed by atoms with Crippen molar-refractivity contribution in [2.75, 3.05) is 6.79 Å². The van der Waals surface area contributed by atoms with Gasteiger partial charge >= 0.3 is 5.69 Å². The fraction of sp³-hybridized carbons (Fsp3) is 0.0645. The molecule has 0 fully saturated rings. The summed E-state index contributed by atoms with van der Waals surface area (Å²) in [6.07, 6.45) is 1.28. The highest BCUT2D eigenvalue weighted by Crippen LogP contribution is 2.36. The summed E-state index contributed by atoms with van der Waals surface area (Å²) in [6.45, 7) is 0.0869. The van der Waals surface area contributed by atoms with Crippen LogP contribution < -0.4 is 19.8 Å². The average molecular weight is 595 g/mol. The van der Waals surface area contributed by atoms with E-state index in [0.29, 0.717) is 39.3 Å². The predicted molar refractivity (Wildman–Crippen MR) is 159 cm³/mol. The molecule has 1 aliphatic heterocycles. The average Bonchev–Trinajstić information content (AvgIpc) is 3.66. The fourth-order valence-corrected chi connectivity index (χ4v) is 5.00. The third kappa shape index (κ3) is 4.91. The Morgan fingerprint density at radius 3 is 2.70 bits per heavy atom. The number of aromatic nitrogens is 2. The maximum Gasteiger partial charge on any atom is 0.313 e. The summed E-state index contributed by atoms with van der Waals surface area (Å²) in [5.41, 5.74) is 1.11. The molecule has 7 rings (SSSR count). The Morgan fingerprint density at radius 1 is 1.02 bits per heavy atom. The van der Waals surface area contributed by atoms with Gasteiger partial charge in [-0.25, -0.2) is 4.98 Å². The fourth-order valence-electron chi connectivity index (χ4n) is 4.78. The van der Waals surface area contributed by atoms with E-state index >= 15 is 0 Å². The van der Waals surface area contributed by atoms with Gasteiger partial charge in [-0.15, -0.1) is 0 Å². The molecule has 0 unspecified atom stereocenters. The second-order valence-corrected chi connectivity index (χ2v) is 9.98. The molecular formula is C31H19ClN4O7. The molecule has 0 atom stereocenters. The number of nitro groups is 1. The van der Waals surface area contributed by atoms with Crippen LogP contribution in [0, 0.1) is 10.1 Å². The lowest BCUT2D eigenvalue weighted by atomic mass is 10.1. The maximum absolute atomic E-state index is 13.7. The van der Waals surface area contributed by atoms with E-state index < -0.39 is 10.5 Å². The van der Waals surface area contributed by atoms with Gasteiger partial charge in [-0.2, -0.15) is 9.78 Å². The summed E-state index contributed by atoms with van der Waals surface area (Å²) < 4.78 is 23.8. The lowest BCUT2D eigenvalue weighted by Gasteiger charge is -2.11. The van der Waals surface area contributed by atoms with Crippen LogP contribution in [0.1, 0.15) is 11.1 Å². The van der Waals surface area contributed by atoms with Gasteiger partial charge in [0.2, 0.25) is 18.4 Å². The van der Waals surface area contributed by atoms with E-state index in [0.717, 1.165) is 10.1 Å². The summed E-state index contributed by atoms with van der Waals surface area (Å²) in [4.78, 5) is 29.7. The van der Waals surface area contributed by atoms with Gasteiger partial charge in [0.15, 0.2) is 17.3 Å². The highest BCUT2D eigenvalue weighted by Gasteiger charge is 2.22. The van der Waals surface area contributed by atoms with Crippen molar-refractivity contribution in [1.29, 1.82) is 0 Å². The van der Waals surface area contributed by atoms with Crippen molar-refractivity contribution < 1.29 is 23.6 Å². The Labute approximate surface area is 247 Å². The number of hydrogen-bond donors (Lipinski definition) is 0. The molecule has 0 radical (unpaired) electrons. The Hall–Kier alpha value is -5.68. The number of rotatable bonds is 7. The molecule has 0 saturated heterocycles. The number of halogens is 1. The van der Waals surface area contributed by atoms with Gasteiger partial charge in [0, 0.05) is 22.0 Å². The molecular weight excluding hydrogens is 576 g/mol. The van der Waals surface area contributed by atoms with Crippen LogP contribution in [0.15, 0.2) is 99.2 Å². The van der Waals surface area contributed by atoms with E-state index in [1.54, 1.807) is 54.6 Å². The Morgan fingerprint density at radius 2 is 1.84 bits per heavy atom. The highest BCUT2D eigenvalue weighted by atomic mass is 35.5. The first-order chi connectivity index (χ1) is 20.9. The van der Waals surface area contributed by atoms with E-state index in [4.69, 9.17) is 30.2 Å². The second-order valence-electron chi connectivity index (χ2n) is 9.54. The van der Waals surface area contributed by atoms with Gasteiger partial charge in [-0.1, -0.05) is 48.0 Å². The molecule has 6 aromatic rings. The molecule has 11 nitrogen and oxygen atoms in total. The maximum atomic E-state index is 13.7. The first-order valence-electron chi connectivity index (χ1n) is 13.0. The van der Waals surface area contributed by atoms with Crippen LogP contribution in [0.4, 0.5) is 5.69 Å². The van der Waals surface area contributed by atoms with Gasteiger partial charge < -0.3 is 18.6 Å². The predicted octanol–water partition coefficient (Wildman–Crippen LogP) is 6.56. The van der Waals surface area contributed by atoms with E-state index in [9.17, 15) is 14.9 Å². The van der Waals surface area contributed by atoms with Crippen molar-refractivity contribution in [3.05, 3.63) is 122 Å². The van der Waals surface area contributed by atoms with E-state index in [2.05, 4.69) is 10.1 Å². The van der Waals surface area contributed by atoms with Gasteiger partial charge in [-0.05, 0) is 48.0 Å². The number of ether oxygens (including phenoxy) is 3. The smallest absolute Gasteiger partial charge is 0.313 e. The van der Waals surface area contributed by atoms with Crippen molar-refractivity contribution in [3.63, 3.8) is 0 Å². The molecule has 0 amide bonds. The molecule has 3 heterocycles. The molecule has 12 heteroatoms. The van der Waals surface area contributed by atoms with Gasteiger partial charge in [0.25, 0.3) is 5.56 Å². The largest absolute Gasteiger partial charge is 0.481 e. The third-order valence-corrected chi connectivity index (χ3v) is 7.01. The van der Waals surface area contributed by atoms with Gasteiger partial charge in [0.1, 0.15) is 12.2 Å². The van der Waals surface area contributed by atoms with E-state index in [1.807, 2.05) is 18.2 Å². The Kier molecular flexibility index (Phi) is 6.48. The number of nitrogens with zero attached hydrogens (tertiary/aromatic N) is 4. The van der Waals surface area contributed by atoms with Crippen LogP contribution in [-0.4, -0.2) is 27.6 Å². The normalized spacial score (nSPS) is 12.4. The molecule has 0 aliphatic carbocycles. The number of benzene rings is 4. The molecule has 43 heavy (non-hydrogen) atoms. The number of furan rings is 1. The third-order valence-electron chi connectivity index (χ3n) is 6.79. The summed E-state index contributed by atoms with van der Waals surface area (Å²) in [5, 5.41) is 17.7. The van der Waals surface area contributed by atoms with Crippen LogP contribution in [0.5, 0.6) is 17.2 Å². The lowest BCUT2D eigenvalue weighted by molar-refractivity contribution is -0.385. The Bertz CT molecular complexity index is 2120. The molecule has 212 valence electrons. The zero-order valence-corrected chi connectivity index (χ0v) is 22.9. The number of para-hydroxylation sites is 2. The molecule has 0 saturated carbocycles. The van der Waals surface area contributed by atoms with Crippen LogP contribution >= 0.6 is 11.6 Å². The molecule has 1 aliphatic rings. The standard InChI is InChI=1S/C31H19ClN4O7/c32-21-12-20(29(24(14-21)36(38)39)40-16-18-9-10-26-27(11-18)42-17-41-26)15-33-35-30(28-13-19-5-1-4-8-25(19)43-28)34-23-7-3-2-6-22(23)31(35)37/h1-15H,16-17H2. The zero-order valence-electron chi connectivity index (χ0n) is 22.1. The van der Waals surface area contributed by atoms with E-state index in [-0.39, 0.29) is 41.2 Å². The first-order valence-corrected chi connectivity index (χ1v) is 13.4. The van der Waals surface area contributed by atoms with Gasteiger partial charge in [0.05, 0.1) is 22.0 Å². The minimum absolute atomic E-state index is 0.0261. The first kappa shape index (κ1) is 26.2. The minimum atomic E-state index is -0.595. The van der Waals surface area contributed by atoms with Crippen molar-refractivity contribution in [3.8, 4) is 28.8 Å². The molecule has 0 spiro atoms. The van der Waals surface area contributed by atoms with Gasteiger partial charge in [-0.3, -0.25) is 14.9 Å². The second kappa shape index (κ2) is 10.6. The monoisotopic (exact) mass is 594 g/mol. The Balaban J connectivity index is 1.33. The summed E-state index contributed by atoms with van der Waals surface area (Å²) in [6, 6.07) is 23.9. The lowest BCUT2D eigenvalue weighted by Crippen LogP contribution is -2.20. The molecule has 2 aromatic heterocycles. The van der Waals surface area contributed by atoms with Crippen molar-refractivity contribution in [2.45, 2.75) is 6.61 Å². The van der Waals surface area contributed by atoms with Crippen LogP contribution in [-0.2, 0) is 6.61 Å². The molecule has 0 bridgehead atoms. The topological polar surface area (TPSA) is 131 Å². The van der Waals surface area contributed by atoms with Crippen LogP contribution in [0.2, 0.25) is 5.02 Å². The quantitative estimate of drug-likeness (QED) is 0.115. The van der Waals surface area contributed by atoms with Crippen molar-refractivity contribution in [2.24, 2.45) is 5.10 Å². The molecule has 0 N–H and O–H groups in total. The van der Waals surface area contributed by atoms with Crippen molar-refractivity contribution >= 4 is 45.4 Å². The van der Waals surface area contributed by atoms with Crippen molar-refractivity contribution in [1.82, 2.24) is 9.66 Å². The van der Waals surface area contributed by atoms with Crippen LogP contribution in [0.3, 0.4) is 0 Å². The molecule has 4 aromatic carbocycles. The van der Waals surface area contributed by atoms with Crippen LogP contribution in [0.25, 0.3) is 33.5 Å². The number of nitro benzene ring substituents is 1. The number of fused-ring (bicyclic) bond motifs is 3. The van der Waals surface area contributed by atoms with E-state index in [1.165, 1.54) is 18.3 Å². The summed E-state index contributed by atoms with van der Waals surface area (Å²) in [5.74, 6) is 1.54. The zero-order chi connectivity index (χ0) is 29.5. The number of hydrogen-bond acceptors (Lipinski definition) is 9. The minimum Gasteiger partial charge on any atom is -0.481 e. The summed E-state index contributed by atoms with van der Waals surface area (Å²) in [7, 11) is 0.